The summed E-state index contributed by atoms with van der Waals surface area (Å²) in [6.45, 7) is 6.06. The summed E-state index contributed by atoms with van der Waals surface area (Å²) < 4.78 is 0. The molecule has 0 spiro atoms. The quantitative estimate of drug-likeness (QED) is 0.708. The van der Waals surface area contributed by atoms with Gasteiger partial charge in [0.05, 0.1) is 0 Å². The first-order chi connectivity index (χ1) is 5.83. The maximum atomic E-state index is 5.21. The zero-order valence-electron chi connectivity index (χ0n) is 9.63. The summed E-state index contributed by atoms with van der Waals surface area (Å²) in [6.07, 6.45) is 7.51. The van der Waals surface area contributed by atoms with Crippen LogP contribution in [0.2, 0.25) is 0 Å². The molecule has 0 heterocycles. The van der Waals surface area contributed by atoms with Gasteiger partial charge in [0.1, 0.15) is 0 Å². The minimum absolute atomic E-state index is 0. The highest BCUT2D eigenvalue weighted by Gasteiger charge is 1.75. The van der Waals surface area contributed by atoms with Gasteiger partial charge in [-0.3, -0.25) is 0 Å². The van der Waals surface area contributed by atoms with Gasteiger partial charge in [-0.25, -0.2) is 0 Å². The maximum Gasteiger partial charge on any atom is -0.00773 e. The van der Waals surface area contributed by atoms with Crippen LogP contribution in [-0.2, 0) is 0 Å². The molecule has 0 aromatic rings. The Labute approximate surface area is 102 Å². The first-order valence-electron chi connectivity index (χ1n) is 5.23. The Bertz CT molecular complexity index is 48.1. The van der Waals surface area contributed by atoms with Gasteiger partial charge in [0.15, 0.2) is 0 Å². The molecule has 0 rings (SSSR count). The molecular weight excluding hydrogens is 219 g/mol. The van der Waals surface area contributed by atoms with E-state index in [9.17, 15) is 0 Å². The van der Waals surface area contributed by atoms with E-state index in [4.69, 9.17) is 11.5 Å². The molecule has 0 aromatic heterocycles. The van der Waals surface area contributed by atoms with Crippen molar-refractivity contribution in [1.82, 2.24) is 0 Å². The van der Waals surface area contributed by atoms with E-state index < -0.39 is 0 Å². The van der Waals surface area contributed by atoms with E-state index in [-0.39, 0.29) is 24.8 Å². The van der Waals surface area contributed by atoms with Crippen molar-refractivity contribution >= 4 is 24.8 Å². The first-order valence-corrected chi connectivity index (χ1v) is 5.23. The molecule has 0 atom stereocenters. The largest absolute Gasteiger partial charge is 0.330 e. The fourth-order valence-corrected chi connectivity index (χ4v) is 0.789. The molecule has 0 aliphatic carbocycles. The Balaban J connectivity index is -0.0000000625. The predicted octanol–water partition coefficient (Wildman–Crippen LogP) is 3.11. The summed E-state index contributed by atoms with van der Waals surface area (Å²) in [5.41, 5.74) is 10.4. The van der Waals surface area contributed by atoms with Crippen molar-refractivity contribution in [2.75, 3.05) is 13.1 Å². The van der Waals surface area contributed by atoms with Crippen LogP contribution in [0.5, 0.6) is 0 Å². The highest BCUT2D eigenvalue weighted by Crippen LogP contribution is 1.88. The van der Waals surface area contributed by atoms with Crippen LogP contribution >= 0.6 is 24.8 Å². The Morgan fingerprint density at radius 1 is 0.643 bits per heavy atom. The lowest BCUT2D eigenvalue weighted by Crippen LogP contribution is -1.96. The van der Waals surface area contributed by atoms with Crippen molar-refractivity contribution in [2.24, 2.45) is 11.5 Å². The van der Waals surface area contributed by atoms with Crippen LogP contribution in [0.1, 0.15) is 52.4 Å². The molecule has 92 valence electrons. The van der Waals surface area contributed by atoms with Gasteiger partial charge in [-0.1, -0.05) is 39.5 Å². The van der Waals surface area contributed by atoms with Crippen LogP contribution in [0, 0.1) is 0 Å². The predicted molar refractivity (Wildman–Crippen MR) is 71.7 cm³/mol. The monoisotopic (exact) mass is 246 g/mol. The second-order valence-corrected chi connectivity index (χ2v) is 2.99. The maximum absolute atomic E-state index is 5.21. The minimum atomic E-state index is 0. The van der Waals surface area contributed by atoms with E-state index in [0.717, 1.165) is 13.1 Å². The molecule has 0 saturated carbocycles. The van der Waals surface area contributed by atoms with Crippen LogP contribution in [0.3, 0.4) is 0 Å². The van der Waals surface area contributed by atoms with Crippen LogP contribution < -0.4 is 11.5 Å². The molecule has 4 heteroatoms. The minimum Gasteiger partial charge on any atom is -0.330 e. The Morgan fingerprint density at radius 2 is 0.929 bits per heavy atom. The van der Waals surface area contributed by atoms with Gasteiger partial charge in [0.25, 0.3) is 0 Å². The van der Waals surface area contributed by atoms with Crippen LogP contribution in [-0.4, -0.2) is 13.1 Å². The summed E-state index contributed by atoms with van der Waals surface area (Å²) in [4.78, 5) is 0. The molecular formula is C10H28Cl2N2. The number of nitrogens with two attached hydrogens (primary N) is 2. The molecule has 0 fully saturated rings. The molecule has 0 aliphatic heterocycles. The van der Waals surface area contributed by atoms with Crippen LogP contribution in [0.25, 0.3) is 0 Å². The van der Waals surface area contributed by atoms with Crippen molar-refractivity contribution in [3.8, 4) is 0 Å². The molecule has 2 nitrogen and oxygen atoms in total. The second-order valence-electron chi connectivity index (χ2n) is 2.99. The highest BCUT2D eigenvalue weighted by atomic mass is 35.5. The number of unbranched alkanes of at least 4 members (excludes halogenated alkanes) is 4. The van der Waals surface area contributed by atoms with E-state index in [1.165, 1.54) is 38.5 Å². The summed E-state index contributed by atoms with van der Waals surface area (Å²) in [5, 5.41) is 0. The SMILES string of the molecule is CCCCCN.CCCCCN.Cl.Cl. The van der Waals surface area contributed by atoms with E-state index in [0.29, 0.717) is 0 Å². The van der Waals surface area contributed by atoms with Crippen molar-refractivity contribution in [1.29, 1.82) is 0 Å². The van der Waals surface area contributed by atoms with Crippen molar-refractivity contribution in [2.45, 2.75) is 52.4 Å². The number of rotatable bonds is 6. The first kappa shape index (κ1) is 24.0. The topological polar surface area (TPSA) is 52.0 Å². The van der Waals surface area contributed by atoms with Crippen LogP contribution in [0.15, 0.2) is 0 Å². The summed E-state index contributed by atoms with van der Waals surface area (Å²) >= 11 is 0. The lowest BCUT2D eigenvalue weighted by Gasteiger charge is -1.86. The smallest absolute Gasteiger partial charge is 0.00773 e. The van der Waals surface area contributed by atoms with Gasteiger partial charge in [-0.05, 0) is 25.9 Å². The third-order valence-electron chi connectivity index (χ3n) is 1.62. The molecule has 0 unspecified atom stereocenters. The Morgan fingerprint density at radius 3 is 1.00 bits per heavy atom. The van der Waals surface area contributed by atoms with Gasteiger partial charge >= 0.3 is 0 Å². The third kappa shape index (κ3) is 39.1. The van der Waals surface area contributed by atoms with E-state index >= 15 is 0 Å². The molecule has 0 radical (unpaired) electrons. The van der Waals surface area contributed by atoms with E-state index in [1.54, 1.807) is 0 Å². The number of hydrogen-bond donors (Lipinski definition) is 2. The molecule has 0 saturated heterocycles. The van der Waals surface area contributed by atoms with E-state index in [1.807, 2.05) is 0 Å². The van der Waals surface area contributed by atoms with Gasteiger partial charge in [0.2, 0.25) is 0 Å². The normalized spacial score (nSPS) is 7.71. The molecule has 0 amide bonds. The van der Waals surface area contributed by atoms with Gasteiger partial charge in [-0.2, -0.15) is 0 Å². The van der Waals surface area contributed by atoms with Crippen molar-refractivity contribution in [3.05, 3.63) is 0 Å². The third-order valence-corrected chi connectivity index (χ3v) is 1.62. The Hall–Kier alpha value is 0.500. The summed E-state index contributed by atoms with van der Waals surface area (Å²) in [6, 6.07) is 0. The number of hydrogen-bond acceptors (Lipinski definition) is 2. The molecule has 4 N–H and O–H groups in total. The van der Waals surface area contributed by atoms with Gasteiger partial charge in [-0.15, -0.1) is 24.8 Å². The van der Waals surface area contributed by atoms with Crippen LogP contribution in [0.4, 0.5) is 0 Å². The van der Waals surface area contributed by atoms with Crippen molar-refractivity contribution in [3.63, 3.8) is 0 Å². The van der Waals surface area contributed by atoms with Crippen molar-refractivity contribution < 1.29 is 0 Å². The Kier molecular flexibility index (Phi) is 50.0. The van der Waals surface area contributed by atoms with Gasteiger partial charge in [0, 0.05) is 0 Å². The number of halogens is 2. The lowest BCUT2D eigenvalue weighted by atomic mass is 10.3. The molecule has 14 heavy (non-hydrogen) atoms. The molecule has 0 bridgehead atoms. The average Bonchev–Trinajstić information content (AvgIpc) is 2.12. The second kappa shape index (κ2) is 29.2. The fraction of sp³-hybridized carbons (Fsp3) is 1.00. The standard InChI is InChI=1S/2C5H13N.2ClH/c2*1-2-3-4-5-6;;/h2*2-6H2,1H3;2*1H. The lowest BCUT2D eigenvalue weighted by molar-refractivity contribution is 0.727. The summed E-state index contributed by atoms with van der Waals surface area (Å²) in [7, 11) is 0. The fourth-order valence-electron chi connectivity index (χ4n) is 0.789. The summed E-state index contributed by atoms with van der Waals surface area (Å²) in [5.74, 6) is 0. The molecule has 0 aliphatic rings. The van der Waals surface area contributed by atoms with Gasteiger partial charge < -0.3 is 11.5 Å². The zero-order chi connectivity index (χ0) is 9.66. The average molecular weight is 247 g/mol. The molecule has 0 aromatic carbocycles. The highest BCUT2D eigenvalue weighted by molar-refractivity contribution is 5.85. The van der Waals surface area contributed by atoms with E-state index in [2.05, 4.69) is 13.8 Å². The zero-order valence-corrected chi connectivity index (χ0v) is 11.3.